The Kier molecular flexibility index (Phi) is 4.85. The second-order valence-corrected chi connectivity index (χ2v) is 7.09. The van der Waals surface area contributed by atoms with E-state index < -0.39 is 0 Å². The molecule has 1 aromatic carbocycles. The van der Waals surface area contributed by atoms with Gasteiger partial charge in [0.15, 0.2) is 0 Å². The fraction of sp³-hybridized carbons (Fsp3) is 0.400. The summed E-state index contributed by atoms with van der Waals surface area (Å²) < 4.78 is 1.64. The fourth-order valence-corrected chi connectivity index (χ4v) is 3.57. The molecule has 0 aliphatic carbocycles. The summed E-state index contributed by atoms with van der Waals surface area (Å²) in [5.74, 6) is 0.600. The van der Waals surface area contributed by atoms with Crippen LogP contribution in [0, 0.1) is 13.8 Å². The van der Waals surface area contributed by atoms with Gasteiger partial charge in [0.05, 0.1) is 0 Å². The van der Waals surface area contributed by atoms with Gasteiger partial charge in [-0.2, -0.15) is 4.98 Å². The number of carbonyl (C=O) groups is 1. The SMILES string of the molecule is Cc1cc(C)n2nc(C(=O)N3CCCN(Cc4ccccc4)CC3)nc2n1. The minimum atomic E-state index is -0.112. The van der Waals surface area contributed by atoms with Gasteiger partial charge in [0.2, 0.25) is 5.82 Å². The number of hydrogen-bond acceptors (Lipinski definition) is 5. The number of aromatic nitrogens is 4. The molecule has 7 heteroatoms. The predicted octanol–water partition coefficient (Wildman–Crippen LogP) is 2.09. The maximum absolute atomic E-state index is 12.9. The van der Waals surface area contributed by atoms with Crippen LogP contribution in [0.25, 0.3) is 5.78 Å². The van der Waals surface area contributed by atoms with Crippen LogP contribution in [0.1, 0.15) is 34.0 Å². The molecular weight excluding hydrogens is 340 g/mol. The van der Waals surface area contributed by atoms with Gasteiger partial charge in [-0.25, -0.2) is 9.50 Å². The lowest BCUT2D eigenvalue weighted by Gasteiger charge is -2.21. The van der Waals surface area contributed by atoms with E-state index in [2.05, 4.69) is 44.2 Å². The summed E-state index contributed by atoms with van der Waals surface area (Å²) >= 11 is 0. The Morgan fingerprint density at radius 1 is 1.04 bits per heavy atom. The van der Waals surface area contributed by atoms with Crippen molar-refractivity contribution in [2.75, 3.05) is 26.2 Å². The molecule has 1 fully saturated rings. The lowest BCUT2D eigenvalue weighted by Crippen LogP contribution is -2.35. The van der Waals surface area contributed by atoms with E-state index in [0.717, 1.165) is 44.0 Å². The normalized spacial score (nSPS) is 15.9. The second-order valence-electron chi connectivity index (χ2n) is 7.09. The average Bonchev–Trinajstić information content (AvgIpc) is 2.95. The molecule has 0 N–H and O–H groups in total. The molecule has 3 heterocycles. The van der Waals surface area contributed by atoms with E-state index in [0.29, 0.717) is 12.3 Å². The summed E-state index contributed by atoms with van der Waals surface area (Å²) in [7, 11) is 0. The molecule has 3 aromatic rings. The molecule has 0 bridgehead atoms. The summed E-state index contributed by atoms with van der Waals surface area (Å²) in [4.78, 5) is 25.9. The van der Waals surface area contributed by atoms with Crippen LogP contribution in [-0.2, 0) is 6.54 Å². The summed E-state index contributed by atoms with van der Waals surface area (Å²) in [6.07, 6.45) is 0.947. The molecule has 2 aromatic heterocycles. The van der Waals surface area contributed by atoms with E-state index in [-0.39, 0.29) is 11.7 Å². The minimum Gasteiger partial charge on any atom is -0.335 e. The zero-order chi connectivity index (χ0) is 18.8. The van der Waals surface area contributed by atoms with Crippen molar-refractivity contribution in [1.29, 1.82) is 0 Å². The van der Waals surface area contributed by atoms with Gasteiger partial charge in [0.1, 0.15) is 0 Å². The number of nitrogens with zero attached hydrogens (tertiary/aromatic N) is 6. The third-order valence-electron chi connectivity index (χ3n) is 4.93. The lowest BCUT2D eigenvalue weighted by molar-refractivity contribution is 0.0749. The van der Waals surface area contributed by atoms with Crippen LogP contribution in [0.5, 0.6) is 0 Å². The molecule has 0 atom stereocenters. The van der Waals surface area contributed by atoms with Crippen LogP contribution in [0.3, 0.4) is 0 Å². The van der Waals surface area contributed by atoms with Crippen LogP contribution in [0.15, 0.2) is 36.4 Å². The Morgan fingerprint density at radius 3 is 2.67 bits per heavy atom. The van der Waals surface area contributed by atoms with Gasteiger partial charge in [-0.05, 0) is 31.9 Å². The van der Waals surface area contributed by atoms with Crippen molar-refractivity contribution in [2.45, 2.75) is 26.8 Å². The first-order valence-corrected chi connectivity index (χ1v) is 9.37. The van der Waals surface area contributed by atoms with Gasteiger partial charge in [-0.1, -0.05) is 30.3 Å². The molecule has 27 heavy (non-hydrogen) atoms. The Morgan fingerprint density at radius 2 is 1.85 bits per heavy atom. The maximum Gasteiger partial charge on any atom is 0.293 e. The van der Waals surface area contributed by atoms with Crippen LogP contribution in [0.2, 0.25) is 0 Å². The topological polar surface area (TPSA) is 66.6 Å². The fourth-order valence-electron chi connectivity index (χ4n) is 3.57. The highest BCUT2D eigenvalue weighted by atomic mass is 16.2. The molecule has 1 aliphatic rings. The summed E-state index contributed by atoms with van der Waals surface area (Å²) in [6, 6.07) is 12.4. The molecule has 140 valence electrons. The van der Waals surface area contributed by atoms with E-state index in [1.54, 1.807) is 4.52 Å². The zero-order valence-electron chi connectivity index (χ0n) is 15.8. The van der Waals surface area contributed by atoms with Crippen LogP contribution in [-0.4, -0.2) is 61.5 Å². The Hall–Kier alpha value is -2.80. The molecule has 0 unspecified atom stereocenters. The Balaban J connectivity index is 1.46. The van der Waals surface area contributed by atoms with E-state index in [4.69, 9.17) is 0 Å². The number of aryl methyl sites for hydroxylation is 2. The van der Waals surface area contributed by atoms with E-state index in [9.17, 15) is 4.79 Å². The van der Waals surface area contributed by atoms with Crippen LogP contribution < -0.4 is 0 Å². The molecule has 1 amide bonds. The number of carbonyl (C=O) groups excluding carboxylic acids is 1. The quantitative estimate of drug-likeness (QED) is 0.712. The monoisotopic (exact) mass is 364 g/mol. The molecule has 4 rings (SSSR count). The maximum atomic E-state index is 12.9. The third-order valence-corrected chi connectivity index (χ3v) is 4.93. The van der Waals surface area contributed by atoms with Gasteiger partial charge < -0.3 is 4.90 Å². The first-order valence-electron chi connectivity index (χ1n) is 9.37. The average molecular weight is 364 g/mol. The first-order chi connectivity index (χ1) is 13.1. The van der Waals surface area contributed by atoms with Crippen molar-refractivity contribution in [3.8, 4) is 0 Å². The van der Waals surface area contributed by atoms with Gasteiger partial charge in [0.25, 0.3) is 11.7 Å². The first kappa shape index (κ1) is 17.6. The number of rotatable bonds is 3. The summed E-state index contributed by atoms with van der Waals surface area (Å²) in [6.45, 7) is 8.02. The smallest absolute Gasteiger partial charge is 0.293 e. The second kappa shape index (κ2) is 7.44. The van der Waals surface area contributed by atoms with Crippen molar-refractivity contribution < 1.29 is 4.79 Å². The minimum absolute atomic E-state index is 0.112. The van der Waals surface area contributed by atoms with E-state index >= 15 is 0 Å². The molecule has 0 saturated carbocycles. The van der Waals surface area contributed by atoms with Gasteiger partial charge in [0, 0.05) is 44.1 Å². The Labute approximate surface area is 158 Å². The van der Waals surface area contributed by atoms with Crippen molar-refractivity contribution in [2.24, 2.45) is 0 Å². The summed E-state index contributed by atoms with van der Waals surface area (Å²) in [5.41, 5.74) is 3.10. The van der Waals surface area contributed by atoms with Crippen molar-refractivity contribution >= 4 is 11.7 Å². The number of hydrogen-bond donors (Lipinski definition) is 0. The highest BCUT2D eigenvalue weighted by Crippen LogP contribution is 2.12. The molecular formula is C20H24N6O. The number of benzene rings is 1. The zero-order valence-corrected chi connectivity index (χ0v) is 15.8. The molecule has 0 radical (unpaired) electrons. The van der Waals surface area contributed by atoms with Crippen LogP contribution in [0.4, 0.5) is 0 Å². The number of amides is 1. The number of fused-ring (bicyclic) bond motifs is 1. The van der Waals surface area contributed by atoms with Crippen molar-refractivity contribution in [1.82, 2.24) is 29.4 Å². The lowest BCUT2D eigenvalue weighted by atomic mass is 10.2. The largest absolute Gasteiger partial charge is 0.335 e. The highest BCUT2D eigenvalue weighted by molar-refractivity contribution is 5.90. The molecule has 1 aliphatic heterocycles. The van der Waals surface area contributed by atoms with Gasteiger partial charge in [-0.15, -0.1) is 5.10 Å². The third kappa shape index (κ3) is 3.83. The molecule has 7 nitrogen and oxygen atoms in total. The van der Waals surface area contributed by atoms with Crippen molar-refractivity contribution in [3.05, 3.63) is 59.2 Å². The van der Waals surface area contributed by atoms with E-state index in [1.165, 1.54) is 5.56 Å². The van der Waals surface area contributed by atoms with Gasteiger partial charge in [-0.3, -0.25) is 9.69 Å². The highest BCUT2D eigenvalue weighted by Gasteiger charge is 2.24. The van der Waals surface area contributed by atoms with Gasteiger partial charge >= 0.3 is 0 Å². The van der Waals surface area contributed by atoms with Crippen LogP contribution >= 0.6 is 0 Å². The standard InChI is InChI=1S/C20H24N6O/c1-15-13-16(2)26-20(21-15)22-18(23-26)19(27)25-10-6-9-24(11-12-25)14-17-7-4-3-5-8-17/h3-5,7-8,13H,6,9-12,14H2,1-2H3. The molecule has 0 spiro atoms. The van der Waals surface area contributed by atoms with E-state index in [1.807, 2.05) is 30.9 Å². The summed E-state index contributed by atoms with van der Waals surface area (Å²) in [5, 5.41) is 4.38. The predicted molar refractivity (Wildman–Crippen MR) is 102 cm³/mol. The molecule has 1 saturated heterocycles. The van der Waals surface area contributed by atoms with Crippen molar-refractivity contribution in [3.63, 3.8) is 0 Å². The Bertz CT molecular complexity index is 952.